The predicted octanol–water partition coefficient (Wildman–Crippen LogP) is 3.70. The van der Waals surface area contributed by atoms with E-state index in [-0.39, 0.29) is 17.5 Å². The van der Waals surface area contributed by atoms with Crippen molar-refractivity contribution in [3.63, 3.8) is 0 Å². The molecule has 0 bridgehead atoms. The first-order valence-corrected chi connectivity index (χ1v) is 6.56. The number of aromatic hydroxyl groups is 2. The molecule has 0 aliphatic rings. The molecular formula is C16H16N2O2. The Bertz CT molecular complexity index is 755. The number of para-hydroxylation sites is 2. The second-order valence-electron chi connectivity index (χ2n) is 5.13. The Morgan fingerprint density at radius 2 is 1.65 bits per heavy atom. The number of hydrogen-bond donors (Lipinski definition) is 2. The van der Waals surface area contributed by atoms with E-state index in [4.69, 9.17) is 0 Å². The van der Waals surface area contributed by atoms with Crippen molar-refractivity contribution in [2.45, 2.75) is 19.9 Å². The molecule has 0 aliphatic heterocycles. The Hall–Kier alpha value is -2.49. The Balaban J connectivity index is 2.32. The largest absolute Gasteiger partial charge is 0.508 e. The maximum absolute atomic E-state index is 9.66. The molecule has 20 heavy (non-hydrogen) atoms. The van der Waals surface area contributed by atoms with Gasteiger partial charge in [0.15, 0.2) is 0 Å². The van der Waals surface area contributed by atoms with Crippen LogP contribution in [-0.4, -0.2) is 19.8 Å². The topological polar surface area (TPSA) is 58.3 Å². The highest BCUT2D eigenvalue weighted by Gasteiger charge is 2.15. The number of benzene rings is 2. The van der Waals surface area contributed by atoms with Gasteiger partial charge in [-0.25, -0.2) is 4.98 Å². The molecule has 0 amide bonds. The van der Waals surface area contributed by atoms with E-state index in [1.54, 1.807) is 12.1 Å². The summed E-state index contributed by atoms with van der Waals surface area (Å²) in [5, 5.41) is 19.3. The molecule has 4 nitrogen and oxygen atoms in total. The Morgan fingerprint density at radius 3 is 2.30 bits per heavy atom. The third kappa shape index (κ3) is 1.99. The maximum Gasteiger partial charge on any atom is 0.141 e. The van der Waals surface area contributed by atoms with Crippen molar-refractivity contribution < 1.29 is 10.2 Å². The monoisotopic (exact) mass is 268 g/mol. The van der Waals surface area contributed by atoms with E-state index in [2.05, 4.69) is 23.4 Å². The average Bonchev–Trinajstić information content (AvgIpc) is 2.76. The second kappa shape index (κ2) is 4.56. The van der Waals surface area contributed by atoms with Gasteiger partial charge in [-0.2, -0.15) is 0 Å². The lowest BCUT2D eigenvalue weighted by molar-refractivity contribution is 0.451. The number of phenols is 2. The summed E-state index contributed by atoms with van der Waals surface area (Å²) in [6, 6.07) is 12.7. The highest BCUT2D eigenvalue weighted by Crippen LogP contribution is 2.32. The highest BCUT2D eigenvalue weighted by atomic mass is 16.3. The summed E-state index contributed by atoms with van der Waals surface area (Å²) < 4.78 is 2.10. The molecule has 102 valence electrons. The molecule has 0 fully saturated rings. The molecule has 0 aliphatic carbocycles. The normalized spacial score (nSPS) is 11.3. The molecule has 3 rings (SSSR count). The zero-order valence-electron chi connectivity index (χ0n) is 11.4. The van der Waals surface area contributed by atoms with Crippen molar-refractivity contribution in [1.29, 1.82) is 0 Å². The van der Waals surface area contributed by atoms with E-state index in [1.807, 2.05) is 24.3 Å². The second-order valence-corrected chi connectivity index (χ2v) is 5.13. The van der Waals surface area contributed by atoms with E-state index in [1.165, 1.54) is 6.07 Å². The molecular weight excluding hydrogens is 252 g/mol. The number of rotatable bonds is 2. The van der Waals surface area contributed by atoms with Crippen LogP contribution in [0.3, 0.4) is 0 Å². The number of nitrogens with zero attached hydrogens (tertiary/aromatic N) is 2. The van der Waals surface area contributed by atoms with Crippen molar-refractivity contribution >= 4 is 11.0 Å². The summed E-state index contributed by atoms with van der Waals surface area (Å²) in [6.07, 6.45) is 0. The lowest BCUT2D eigenvalue weighted by Gasteiger charge is -2.13. The standard InChI is InChI=1S/C16H16N2O2/c1-10(2)18-15-6-4-3-5-14(15)17-16(18)11-7-12(19)9-13(20)8-11/h3-10,19-20H,1-2H3. The van der Waals surface area contributed by atoms with Crippen LogP contribution < -0.4 is 0 Å². The summed E-state index contributed by atoms with van der Waals surface area (Å²) in [4.78, 5) is 4.63. The van der Waals surface area contributed by atoms with Gasteiger partial charge in [0.05, 0.1) is 11.0 Å². The zero-order valence-corrected chi connectivity index (χ0v) is 11.4. The van der Waals surface area contributed by atoms with E-state index in [0.717, 1.165) is 16.9 Å². The van der Waals surface area contributed by atoms with Crippen molar-refractivity contribution in [3.05, 3.63) is 42.5 Å². The van der Waals surface area contributed by atoms with Crippen LogP contribution in [0.4, 0.5) is 0 Å². The minimum atomic E-state index is 0.0300. The molecule has 0 saturated heterocycles. The van der Waals surface area contributed by atoms with Crippen molar-refractivity contribution in [1.82, 2.24) is 9.55 Å². The molecule has 2 aromatic carbocycles. The number of imidazole rings is 1. The molecule has 3 aromatic rings. The van der Waals surface area contributed by atoms with Gasteiger partial charge in [0.1, 0.15) is 17.3 Å². The molecule has 0 spiro atoms. The summed E-state index contributed by atoms with van der Waals surface area (Å²) in [5.74, 6) is 0.803. The predicted molar refractivity (Wildman–Crippen MR) is 78.9 cm³/mol. The SMILES string of the molecule is CC(C)n1c(-c2cc(O)cc(O)c2)nc2ccccc21. The van der Waals surface area contributed by atoms with Gasteiger partial charge in [-0.3, -0.25) is 0 Å². The third-order valence-electron chi connectivity index (χ3n) is 3.27. The van der Waals surface area contributed by atoms with E-state index < -0.39 is 0 Å². The average molecular weight is 268 g/mol. The van der Waals surface area contributed by atoms with Gasteiger partial charge in [-0.05, 0) is 38.1 Å². The Labute approximate surface area is 116 Å². The van der Waals surface area contributed by atoms with E-state index in [0.29, 0.717) is 5.56 Å². The van der Waals surface area contributed by atoms with Gasteiger partial charge in [0.2, 0.25) is 0 Å². The van der Waals surface area contributed by atoms with Gasteiger partial charge in [0.25, 0.3) is 0 Å². The molecule has 0 atom stereocenters. The van der Waals surface area contributed by atoms with Crippen LogP contribution in [0.2, 0.25) is 0 Å². The van der Waals surface area contributed by atoms with E-state index in [9.17, 15) is 10.2 Å². The summed E-state index contributed by atoms with van der Waals surface area (Å²) in [5.41, 5.74) is 2.65. The lowest BCUT2D eigenvalue weighted by Crippen LogP contribution is -2.02. The van der Waals surface area contributed by atoms with Crippen LogP contribution in [-0.2, 0) is 0 Å². The quantitative estimate of drug-likeness (QED) is 0.745. The van der Waals surface area contributed by atoms with Crippen LogP contribution in [0.25, 0.3) is 22.4 Å². The van der Waals surface area contributed by atoms with Gasteiger partial charge >= 0.3 is 0 Å². The smallest absolute Gasteiger partial charge is 0.141 e. The number of hydrogen-bond acceptors (Lipinski definition) is 3. The molecule has 1 aromatic heterocycles. The molecule has 4 heteroatoms. The Morgan fingerprint density at radius 1 is 1.00 bits per heavy atom. The lowest BCUT2D eigenvalue weighted by atomic mass is 10.2. The van der Waals surface area contributed by atoms with Crippen LogP contribution in [0.5, 0.6) is 11.5 Å². The van der Waals surface area contributed by atoms with Gasteiger partial charge in [-0.1, -0.05) is 12.1 Å². The van der Waals surface area contributed by atoms with Gasteiger partial charge < -0.3 is 14.8 Å². The fourth-order valence-electron chi connectivity index (χ4n) is 2.50. The van der Waals surface area contributed by atoms with Crippen molar-refractivity contribution in [3.8, 4) is 22.9 Å². The van der Waals surface area contributed by atoms with Crippen LogP contribution in [0.15, 0.2) is 42.5 Å². The van der Waals surface area contributed by atoms with Crippen LogP contribution >= 0.6 is 0 Å². The number of aromatic nitrogens is 2. The number of phenolic OH excluding ortho intramolecular Hbond substituents is 2. The minimum absolute atomic E-state index is 0.0300. The molecule has 2 N–H and O–H groups in total. The van der Waals surface area contributed by atoms with Gasteiger partial charge in [-0.15, -0.1) is 0 Å². The summed E-state index contributed by atoms with van der Waals surface area (Å²) in [6.45, 7) is 4.17. The minimum Gasteiger partial charge on any atom is -0.508 e. The van der Waals surface area contributed by atoms with Crippen molar-refractivity contribution in [2.24, 2.45) is 0 Å². The maximum atomic E-state index is 9.66. The van der Waals surface area contributed by atoms with Crippen LogP contribution in [0, 0.1) is 0 Å². The molecule has 0 saturated carbocycles. The molecule has 0 radical (unpaired) electrons. The zero-order chi connectivity index (χ0) is 14.3. The number of fused-ring (bicyclic) bond motifs is 1. The summed E-state index contributed by atoms with van der Waals surface area (Å²) >= 11 is 0. The van der Waals surface area contributed by atoms with E-state index >= 15 is 0 Å². The first-order chi connectivity index (χ1) is 9.56. The van der Waals surface area contributed by atoms with Gasteiger partial charge in [0, 0.05) is 17.7 Å². The summed E-state index contributed by atoms with van der Waals surface area (Å²) in [7, 11) is 0. The van der Waals surface area contributed by atoms with Crippen LogP contribution in [0.1, 0.15) is 19.9 Å². The third-order valence-corrected chi connectivity index (χ3v) is 3.27. The highest BCUT2D eigenvalue weighted by molar-refractivity contribution is 5.81. The fraction of sp³-hybridized carbons (Fsp3) is 0.188. The molecule has 1 heterocycles. The first kappa shape index (κ1) is 12.5. The first-order valence-electron chi connectivity index (χ1n) is 6.56. The Kier molecular flexibility index (Phi) is 2.86. The molecule has 0 unspecified atom stereocenters. The fourth-order valence-corrected chi connectivity index (χ4v) is 2.50. The van der Waals surface area contributed by atoms with Crippen molar-refractivity contribution in [2.75, 3.05) is 0 Å².